The largest absolute Gasteiger partial charge is 0.339 e. The highest BCUT2D eigenvalue weighted by atomic mass is 32.1. The quantitative estimate of drug-likeness (QED) is 0.850. The van der Waals surface area contributed by atoms with E-state index >= 15 is 0 Å². The average Bonchev–Trinajstić information content (AvgIpc) is 2.57. The molecule has 0 bridgehead atoms. The molecule has 23 heavy (non-hydrogen) atoms. The fourth-order valence-corrected chi connectivity index (χ4v) is 3.20. The molecule has 1 aliphatic rings. The fourth-order valence-electron chi connectivity index (χ4n) is 2.87. The molecule has 0 spiro atoms. The van der Waals surface area contributed by atoms with Crippen LogP contribution in [0.1, 0.15) is 11.6 Å². The molecule has 1 heterocycles. The van der Waals surface area contributed by atoms with Crippen LogP contribution in [0.2, 0.25) is 0 Å². The number of nitrogens with zero attached hydrogens (tertiary/aromatic N) is 2. The second-order valence-electron chi connectivity index (χ2n) is 5.79. The van der Waals surface area contributed by atoms with Gasteiger partial charge in [0.1, 0.15) is 5.82 Å². The van der Waals surface area contributed by atoms with Crippen molar-refractivity contribution in [2.45, 2.75) is 6.04 Å². The summed E-state index contributed by atoms with van der Waals surface area (Å²) in [7, 11) is 2.11. The van der Waals surface area contributed by atoms with Gasteiger partial charge >= 0.3 is 0 Å². The molecule has 3 nitrogen and oxygen atoms in total. The zero-order chi connectivity index (χ0) is 16.2. The highest BCUT2D eigenvalue weighted by Crippen LogP contribution is 2.26. The van der Waals surface area contributed by atoms with Gasteiger partial charge in [-0.05, 0) is 37.0 Å². The van der Waals surface area contributed by atoms with Gasteiger partial charge in [0.05, 0.1) is 11.7 Å². The molecule has 0 radical (unpaired) electrons. The Labute approximate surface area is 141 Å². The Kier molecular flexibility index (Phi) is 4.88. The predicted octanol–water partition coefficient (Wildman–Crippen LogP) is 3.51. The first-order valence-corrected chi connectivity index (χ1v) is 8.11. The van der Waals surface area contributed by atoms with E-state index < -0.39 is 0 Å². The minimum Gasteiger partial charge on any atom is -0.339 e. The number of anilines is 1. The number of piperazine rings is 1. The summed E-state index contributed by atoms with van der Waals surface area (Å²) in [5.74, 6) is -0.291. The molecule has 1 N–H and O–H groups in total. The Hall–Kier alpha value is -1.98. The molecule has 0 saturated carbocycles. The van der Waals surface area contributed by atoms with E-state index in [-0.39, 0.29) is 11.9 Å². The van der Waals surface area contributed by atoms with Crippen molar-refractivity contribution in [3.05, 3.63) is 66.0 Å². The van der Waals surface area contributed by atoms with Gasteiger partial charge in [0.15, 0.2) is 5.11 Å². The van der Waals surface area contributed by atoms with Crippen LogP contribution in [0.4, 0.5) is 10.1 Å². The molecule has 1 aliphatic heterocycles. The summed E-state index contributed by atoms with van der Waals surface area (Å²) in [6.07, 6.45) is 0. The molecule has 1 atom stereocenters. The lowest BCUT2D eigenvalue weighted by molar-refractivity contribution is 0.153. The lowest BCUT2D eigenvalue weighted by atomic mass is 10.0. The molecule has 3 rings (SSSR count). The molecule has 2 aromatic rings. The smallest absolute Gasteiger partial charge is 0.174 e. The van der Waals surface area contributed by atoms with Gasteiger partial charge in [0.25, 0.3) is 0 Å². The highest BCUT2D eigenvalue weighted by molar-refractivity contribution is 7.80. The summed E-state index contributed by atoms with van der Waals surface area (Å²) in [5.41, 5.74) is 1.64. The van der Waals surface area contributed by atoms with Crippen molar-refractivity contribution >= 4 is 23.0 Å². The lowest BCUT2D eigenvalue weighted by Crippen LogP contribution is -2.50. The lowest BCUT2D eigenvalue weighted by Gasteiger charge is -2.41. The second kappa shape index (κ2) is 7.06. The number of hydrogen-bond donors (Lipinski definition) is 1. The second-order valence-corrected chi connectivity index (χ2v) is 6.18. The van der Waals surface area contributed by atoms with E-state index in [1.54, 1.807) is 18.2 Å². The third-order valence-corrected chi connectivity index (χ3v) is 4.48. The van der Waals surface area contributed by atoms with E-state index in [4.69, 9.17) is 12.2 Å². The number of hydrogen-bond acceptors (Lipinski definition) is 2. The molecule has 1 fully saturated rings. The van der Waals surface area contributed by atoms with Crippen LogP contribution in [-0.4, -0.2) is 41.6 Å². The average molecular weight is 329 g/mol. The fraction of sp³-hybridized carbons (Fsp3) is 0.278. The van der Waals surface area contributed by atoms with Crippen molar-refractivity contribution in [2.24, 2.45) is 0 Å². The van der Waals surface area contributed by atoms with E-state index in [0.29, 0.717) is 10.8 Å². The maximum Gasteiger partial charge on any atom is 0.174 e. The first kappa shape index (κ1) is 15.9. The summed E-state index contributed by atoms with van der Waals surface area (Å²) < 4.78 is 13.9. The third kappa shape index (κ3) is 3.68. The number of benzene rings is 2. The standard InChI is InChI=1S/C18H20FN3S/c1-21-11-12-22(17(13-21)14-7-3-2-4-8-14)18(23)20-16-10-6-5-9-15(16)19/h2-10,17H,11-13H2,1H3,(H,20,23)/t17-/m0/s1. The normalized spacial score (nSPS) is 18.7. The van der Waals surface area contributed by atoms with Crippen LogP contribution >= 0.6 is 12.2 Å². The van der Waals surface area contributed by atoms with Crippen LogP contribution in [0.25, 0.3) is 0 Å². The highest BCUT2D eigenvalue weighted by Gasteiger charge is 2.28. The zero-order valence-corrected chi connectivity index (χ0v) is 13.9. The summed E-state index contributed by atoms with van der Waals surface area (Å²) in [6, 6.07) is 17.1. The number of rotatable bonds is 2. The molecule has 5 heteroatoms. The zero-order valence-electron chi connectivity index (χ0n) is 13.1. The van der Waals surface area contributed by atoms with Gasteiger partial charge in [-0.3, -0.25) is 0 Å². The number of thiocarbonyl (C=S) groups is 1. The summed E-state index contributed by atoms with van der Waals surface area (Å²) >= 11 is 5.56. The van der Waals surface area contributed by atoms with Crippen LogP contribution in [0.15, 0.2) is 54.6 Å². The Morgan fingerprint density at radius 1 is 1.09 bits per heavy atom. The first-order chi connectivity index (χ1) is 11.1. The van der Waals surface area contributed by atoms with Crippen LogP contribution in [0, 0.1) is 5.82 Å². The molecule has 120 valence electrons. The third-order valence-electron chi connectivity index (χ3n) is 4.14. The van der Waals surface area contributed by atoms with Crippen molar-refractivity contribution < 1.29 is 4.39 Å². The van der Waals surface area contributed by atoms with Crippen molar-refractivity contribution in [1.29, 1.82) is 0 Å². The topological polar surface area (TPSA) is 18.5 Å². The van der Waals surface area contributed by atoms with Crippen molar-refractivity contribution in [3.8, 4) is 0 Å². The van der Waals surface area contributed by atoms with Gasteiger partial charge in [-0.15, -0.1) is 0 Å². The van der Waals surface area contributed by atoms with Gasteiger partial charge in [-0.25, -0.2) is 4.39 Å². The van der Waals surface area contributed by atoms with Crippen LogP contribution in [0.5, 0.6) is 0 Å². The molecule has 0 aliphatic carbocycles. The van der Waals surface area contributed by atoms with Crippen molar-refractivity contribution in [1.82, 2.24) is 9.80 Å². The van der Waals surface area contributed by atoms with Crippen LogP contribution < -0.4 is 5.32 Å². The van der Waals surface area contributed by atoms with E-state index in [1.807, 2.05) is 18.2 Å². The van der Waals surface area contributed by atoms with E-state index in [2.05, 4.69) is 34.3 Å². The number of likely N-dealkylation sites (N-methyl/N-ethyl adjacent to an activating group) is 1. The summed E-state index contributed by atoms with van der Waals surface area (Å²) in [5, 5.41) is 3.63. The minimum absolute atomic E-state index is 0.168. The van der Waals surface area contributed by atoms with Crippen LogP contribution in [-0.2, 0) is 0 Å². The maximum atomic E-state index is 13.9. The van der Waals surface area contributed by atoms with Gasteiger partial charge in [-0.1, -0.05) is 42.5 Å². The molecule has 0 aromatic heterocycles. The molecule has 0 unspecified atom stereocenters. The number of nitrogens with one attached hydrogen (secondary N) is 1. The maximum absolute atomic E-state index is 13.9. The first-order valence-electron chi connectivity index (χ1n) is 7.71. The summed E-state index contributed by atoms with van der Waals surface area (Å²) in [4.78, 5) is 4.44. The monoisotopic (exact) mass is 329 g/mol. The van der Waals surface area contributed by atoms with E-state index in [9.17, 15) is 4.39 Å². The van der Waals surface area contributed by atoms with Crippen LogP contribution in [0.3, 0.4) is 0 Å². The number of para-hydroxylation sites is 1. The Bertz CT molecular complexity index is 677. The predicted molar refractivity (Wildman–Crippen MR) is 96.0 cm³/mol. The molecule has 2 aromatic carbocycles. The van der Waals surface area contributed by atoms with Gasteiger partial charge in [0.2, 0.25) is 0 Å². The molecule has 1 saturated heterocycles. The Balaban J connectivity index is 1.81. The van der Waals surface area contributed by atoms with Crippen molar-refractivity contribution in [2.75, 3.05) is 32.0 Å². The summed E-state index contributed by atoms with van der Waals surface area (Å²) in [6.45, 7) is 2.64. The van der Waals surface area contributed by atoms with Gasteiger partial charge < -0.3 is 15.1 Å². The molecule has 0 amide bonds. The van der Waals surface area contributed by atoms with Gasteiger partial charge in [-0.2, -0.15) is 0 Å². The Morgan fingerprint density at radius 2 is 1.78 bits per heavy atom. The van der Waals surface area contributed by atoms with Crippen molar-refractivity contribution in [3.63, 3.8) is 0 Å². The Morgan fingerprint density at radius 3 is 2.52 bits per heavy atom. The van der Waals surface area contributed by atoms with Gasteiger partial charge in [0, 0.05) is 19.6 Å². The van der Waals surface area contributed by atoms with E-state index in [1.165, 1.54) is 11.6 Å². The minimum atomic E-state index is -0.291. The van der Waals surface area contributed by atoms with E-state index in [0.717, 1.165) is 19.6 Å². The molecular formula is C18H20FN3S. The number of halogens is 1. The SMILES string of the molecule is CN1CCN(C(=S)Nc2ccccc2F)[C@H](c2ccccc2)C1. The molecular weight excluding hydrogens is 309 g/mol.